The number of carbonyl (C=O) groups excluding carboxylic acids is 1. The summed E-state index contributed by atoms with van der Waals surface area (Å²) in [7, 11) is 3.92. The minimum Gasteiger partial charge on any atom is -0.393 e. The molecular weight excluding hydrogens is 204 g/mol. The highest BCUT2D eigenvalue weighted by Crippen LogP contribution is 2.24. The van der Waals surface area contributed by atoms with E-state index in [2.05, 4.69) is 11.9 Å². The van der Waals surface area contributed by atoms with Gasteiger partial charge in [0.25, 0.3) is 0 Å². The summed E-state index contributed by atoms with van der Waals surface area (Å²) < 4.78 is 0. The number of rotatable bonds is 7. The molecule has 0 aromatic heterocycles. The Balaban J connectivity index is 2.17. The van der Waals surface area contributed by atoms with Gasteiger partial charge in [0.15, 0.2) is 0 Å². The van der Waals surface area contributed by atoms with E-state index in [0.29, 0.717) is 6.42 Å². The largest absolute Gasteiger partial charge is 0.393 e. The molecule has 4 heteroatoms. The number of carbonyl (C=O) groups is 1. The molecule has 0 spiro atoms. The average molecular weight is 228 g/mol. The fourth-order valence-corrected chi connectivity index (χ4v) is 1.63. The summed E-state index contributed by atoms with van der Waals surface area (Å²) in [6, 6.07) is 0.740. The molecule has 1 N–H and O–H groups in total. The Hall–Kier alpha value is -0.610. The van der Waals surface area contributed by atoms with E-state index in [4.69, 9.17) is 0 Å². The molecule has 0 aliphatic heterocycles. The van der Waals surface area contributed by atoms with E-state index in [1.54, 1.807) is 4.90 Å². The van der Waals surface area contributed by atoms with Crippen molar-refractivity contribution in [1.29, 1.82) is 0 Å². The maximum Gasteiger partial charge on any atom is 0.224 e. The van der Waals surface area contributed by atoms with Gasteiger partial charge in [0.2, 0.25) is 5.91 Å². The number of aliphatic hydroxyl groups excluding tert-OH is 1. The van der Waals surface area contributed by atoms with E-state index in [1.807, 2.05) is 14.0 Å². The van der Waals surface area contributed by atoms with Crippen LogP contribution in [0.4, 0.5) is 0 Å². The first-order valence-corrected chi connectivity index (χ1v) is 6.16. The fourth-order valence-electron chi connectivity index (χ4n) is 1.63. The van der Waals surface area contributed by atoms with Gasteiger partial charge in [0.1, 0.15) is 0 Å². The monoisotopic (exact) mass is 228 g/mol. The molecule has 0 radical (unpaired) electrons. The summed E-state index contributed by atoms with van der Waals surface area (Å²) in [5.41, 5.74) is 0. The lowest BCUT2D eigenvalue weighted by Crippen LogP contribution is -2.36. The third-order valence-electron chi connectivity index (χ3n) is 3.27. The fraction of sp³-hybridized carbons (Fsp3) is 0.917. The van der Waals surface area contributed by atoms with Crippen LogP contribution in [-0.4, -0.2) is 60.1 Å². The van der Waals surface area contributed by atoms with E-state index in [9.17, 15) is 9.90 Å². The Kier molecular flexibility index (Phi) is 5.22. The molecule has 0 bridgehead atoms. The zero-order valence-corrected chi connectivity index (χ0v) is 10.6. The zero-order chi connectivity index (χ0) is 12.1. The Morgan fingerprint density at radius 1 is 1.38 bits per heavy atom. The SMILES string of the molecule is CC[C@@H](O)CC(=O)N(C)CCN(C)C1CC1. The minimum absolute atomic E-state index is 0.0403. The Morgan fingerprint density at radius 2 is 2.00 bits per heavy atom. The first-order valence-electron chi connectivity index (χ1n) is 6.16. The first-order chi connectivity index (χ1) is 7.54. The smallest absolute Gasteiger partial charge is 0.224 e. The van der Waals surface area contributed by atoms with Crippen LogP contribution in [0.25, 0.3) is 0 Å². The van der Waals surface area contributed by atoms with Gasteiger partial charge in [-0.3, -0.25) is 4.79 Å². The Bertz CT molecular complexity index is 229. The summed E-state index contributed by atoms with van der Waals surface area (Å²) >= 11 is 0. The molecule has 1 aliphatic rings. The van der Waals surface area contributed by atoms with Gasteiger partial charge in [-0.05, 0) is 26.3 Å². The van der Waals surface area contributed by atoms with Crippen LogP contribution in [-0.2, 0) is 4.79 Å². The van der Waals surface area contributed by atoms with Gasteiger partial charge in [-0.1, -0.05) is 6.92 Å². The third kappa shape index (κ3) is 4.49. The number of likely N-dealkylation sites (N-methyl/N-ethyl adjacent to an activating group) is 2. The Labute approximate surface area is 98.2 Å². The van der Waals surface area contributed by atoms with Crippen LogP contribution in [0.3, 0.4) is 0 Å². The molecule has 0 heterocycles. The van der Waals surface area contributed by atoms with Gasteiger partial charge in [0, 0.05) is 26.2 Å². The maximum absolute atomic E-state index is 11.7. The van der Waals surface area contributed by atoms with Crippen molar-refractivity contribution < 1.29 is 9.90 Å². The molecule has 16 heavy (non-hydrogen) atoms. The lowest BCUT2D eigenvalue weighted by Gasteiger charge is -2.22. The number of nitrogens with zero attached hydrogens (tertiary/aromatic N) is 2. The molecule has 0 unspecified atom stereocenters. The molecule has 1 fully saturated rings. The van der Waals surface area contributed by atoms with Gasteiger partial charge in [-0.25, -0.2) is 0 Å². The van der Waals surface area contributed by atoms with E-state index < -0.39 is 6.10 Å². The second kappa shape index (κ2) is 6.21. The summed E-state index contributed by atoms with van der Waals surface area (Å²) in [5.74, 6) is 0.0403. The van der Waals surface area contributed by atoms with Crippen molar-refractivity contribution in [3.05, 3.63) is 0 Å². The number of aliphatic hydroxyl groups is 1. The van der Waals surface area contributed by atoms with Crippen molar-refractivity contribution in [2.75, 3.05) is 27.2 Å². The van der Waals surface area contributed by atoms with E-state index in [1.165, 1.54) is 12.8 Å². The number of hydrogen-bond acceptors (Lipinski definition) is 3. The van der Waals surface area contributed by atoms with Crippen LogP contribution >= 0.6 is 0 Å². The second-order valence-electron chi connectivity index (χ2n) is 4.79. The molecule has 0 aromatic carbocycles. The van der Waals surface area contributed by atoms with Crippen LogP contribution < -0.4 is 0 Å². The molecule has 1 saturated carbocycles. The molecule has 1 aliphatic carbocycles. The minimum atomic E-state index is -0.490. The van der Waals surface area contributed by atoms with Crippen LogP contribution in [0, 0.1) is 0 Å². The van der Waals surface area contributed by atoms with Gasteiger partial charge < -0.3 is 14.9 Å². The van der Waals surface area contributed by atoms with E-state index in [-0.39, 0.29) is 12.3 Å². The van der Waals surface area contributed by atoms with Crippen LogP contribution in [0.5, 0.6) is 0 Å². The van der Waals surface area contributed by atoms with E-state index in [0.717, 1.165) is 19.1 Å². The summed E-state index contributed by atoms with van der Waals surface area (Å²) in [5, 5.41) is 9.39. The zero-order valence-electron chi connectivity index (χ0n) is 10.6. The quantitative estimate of drug-likeness (QED) is 0.697. The predicted octanol–water partition coefficient (Wildman–Crippen LogP) is 0.700. The standard InChI is InChI=1S/C12H24N2O2/c1-4-11(15)9-12(16)14(3)8-7-13(2)10-5-6-10/h10-11,15H,4-9H2,1-3H3/t11-/m1/s1. The molecule has 0 aromatic rings. The van der Waals surface area contributed by atoms with Crippen molar-refractivity contribution >= 4 is 5.91 Å². The molecule has 0 saturated heterocycles. The first kappa shape index (κ1) is 13.5. The Morgan fingerprint density at radius 3 is 2.50 bits per heavy atom. The van der Waals surface area contributed by atoms with Crippen molar-refractivity contribution in [1.82, 2.24) is 9.80 Å². The topological polar surface area (TPSA) is 43.8 Å². The van der Waals surface area contributed by atoms with E-state index >= 15 is 0 Å². The highest BCUT2D eigenvalue weighted by molar-refractivity contribution is 5.76. The van der Waals surface area contributed by atoms with Crippen molar-refractivity contribution in [3.63, 3.8) is 0 Å². The van der Waals surface area contributed by atoms with Gasteiger partial charge in [-0.15, -0.1) is 0 Å². The van der Waals surface area contributed by atoms with Gasteiger partial charge in [0.05, 0.1) is 12.5 Å². The van der Waals surface area contributed by atoms with Crippen molar-refractivity contribution in [2.24, 2.45) is 0 Å². The highest BCUT2D eigenvalue weighted by Gasteiger charge is 2.26. The summed E-state index contributed by atoms with van der Waals surface area (Å²) in [4.78, 5) is 15.7. The predicted molar refractivity (Wildman–Crippen MR) is 64.2 cm³/mol. The summed E-state index contributed by atoms with van der Waals surface area (Å²) in [6.07, 6.45) is 2.99. The van der Waals surface area contributed by atoms with Crippen LogP contribution in [0.1, 0.15) is 32.6 Å². The third-order valence-corrected chi connectivity index (χ3v) is 3.27. The lowest BCUT2D eigenvalue weighted by molar-refractivity contribution is -0.132. The second-order valence-corrected chi connectivity index (χ2v) is 4.79. The number of hydrogen-bond donors (Lipinski definition) is 1. The van der Waals surface area contributed by atoms with Crippen LogP contribution in [0.2, 0.25) is 0 Å². The maximum atomic E-state index is 11.7. The molecule has 1 amide bonds. The average Bonchev–Trinajstić information content (AvgIpc) is 3.08. The van der Waals surface area contributed by atoms with Crippen molar-refractivity contribution in [2.45, 2.75) is 44.8 Å². The van der Waals surface area contributed by atoms with Crippen molar-refractivity contribution in [3.8, 4) is 0 Å². The summed E-state index contributed by atoms with van der Waals surface area (Å²) in [6.45, 7) is 3.57. The normalized spacial score (nSPS) is 17.6. The highest BCUT2D eigenvalue weighted by atomic mass is 16.3. The molecular formula is C12H24N2O2. The number of amides is 1. The molecule has 4 nitrogen and oxygen atoms in total. The molecule has 94 valence electrons. The lowest BCUT2D eigenvalue weighted by atomic mass is 10.2. The molecule has 1 rings (SSSR count). The molecule has 1 atom stereocenters. The van der Waals surface area contributed by atoms with Gasteiger partial charge >= 0.3 is 0 Å². The van der Waals surface area contributed by atoms with Gasteiger partial charge in [-0.2, -0.15) is 0 Å². The van der Waals surface area contributed by atoms with Crippen LogP contribution in [0.15, 0.2) is 0 Å².